The number of nitrogens with zero attached hydrogens (tertiary/aromatic N) is 1. The van der Waals surface area contributed by atoms with Gasteiger partial charge in [-0.05, 0) is 13.0 Å². The fourth-order valence-electron chi connectivity index (χ4n) is 1.62. The number of nitro groups is 1. The van der Waals surface area contributed by atoms with E-state index in [0.29, 0.717) is 0 Å². The lowest BCUT2D eigenvalue weighted by molar-refractivity contribution is -0.386. The van der Waals surface area contributed by atoms with Gasteiger partial charge in [0, 0.05) is 17.5 Å². The third-order valence-electron chi connectivity index (χ3n) is 2.67. The second-order valence-corrected chi connectivity index (χ2v) is 4.34. The highest BCUT2D eigenvalue weighted by molar-refractivity contribution is 6.31. The van der Waals surface area contributed by atoms with E-state index in [9.17, 15) is 20.0 Å². The molecule has 0 radical (unpaired) electrons. The molecule has 1 rings (SSSR count). The van der Waals surface area contributed by atoms with Crippen LogP contribution in [0, 0.1) is 17.0 Å². The summed E-state index contributed by atoms with van der Waals surface area (Å²) in [6.45, 7) is 1.42. The minimum absolute atomic E-state index is 0.112. The molecular weight excluding hydrogens is 276 g/mol. The average molecular weight is 289 g/mol. The lowest BCUT2D eigenvalue weighted by Gasteiger charge is -2.12. The van der Waals surface area contributed by atoms with Crippen LogP contribution in [0.25, 0.3) is 0 Å². The molecule has 3 N–H and O–H groups in total. The highest BCUT2D eigenvalue weighted by Crippen LogP contribution is 2.38. The first kappa shape index (κ1) is 15.2. The molecule has 0 aromatic heterocycles. The molecule has 0 saturated carbocycles. The van der Waals surface area contributed by atoms with Crippen LogP contribution >= 0.6 is 11.6 Å². The van der Waals surface area contributed by atoms with Crippen LogP contribution < -0.4 is 5.73 Å². The predicted molar refractivity (Wildman–Crippen MR) is 68.2 cm³/mol. The van der Waals surface area contributed by atoms with Crippen molar-refractivity contribution in [3.8, 4) is 5.75 Å². The first-order chi connectivity index (χ1) is 8.79. The van der Waals surface area contributed by atoms with Crippen LogP contribution in [-0.2, 0) is 16.0 Å². The number of benzene rings is 1. The van der Waals surface area contributed by atoms with Gasteiger partial charge in [0.1, 0.15) is 6.04 Å². The number of nitro benzene ring substituents is 1. The number of esters is 1. The van der Waals surface area contributed by atoms with Crippen LogP contribution in [0.5, 0.6) is 5.75 Å². The minimum Gasteiger partial charge on any atom is -0.502 e. The Morgan fingerprint density at radius 1 is 1.68 bits per heavy atom. The Labute approximate surface area is 114 Å². The molecule has 0 bridgehead atoms. The Balaban J connectivity index is 3.23. The standard InChI is InChI=1S/C11H13ClN2O5/c1-5-7(12)3-6(4-8(13)11(16)19-2)10(15)9(5)14(17)18/h3,8,15H,4,13H2,1-2H3. The summed E-state index contributed by atoms with van der Waals surface area (Å²) in [6, 6.07) is 0.316. The Morgan fingerprint density at radius 3 is 2.74 bits per heavy atom. The van der Waals surface area contributed by atoms with Crippen molar-refractivity contribution in [1.82, 2.24) is 0 Å². The first-order valence-corrected chi connectivity index (χ1v) is 5.66. The summed E-state index contributed by atoms with van der Waals surface area (Å²) in [4.78, 5) is 21.4. The number of carbonyl (C=O) groups excluding carboxylic acids is 1. The second-order valence-electron chi connectivity index (χ2n) is 3.93. The van der Waals surface area contributed by atoms with E-state index in [1.54, 1.807) is 0 Å². The third kappa shape index (κ3) is 3.12. The van der Waals surface area contributed by atoms with Crippen molar-refractivity contribution in [2.75, 3.05) is 7.11 Å². The molecule has 0 aliphatic heterocycles. The maximum absolute atomic E-state index is 11.2. The predicted octanol–water partition coefficient (Wildman–Crippen LogP) is 1.31. The van der Waals surface area contributed by atoms with E-state index in [0.717, 1.165) is 0 Å². The van der Waals surface area contributed by atoms with E-state index >= 15 is 0 Å². The number of aromatic hydroxyl groups is 1. The molecule has 0 amide bonds. The number of hydrogen-bond donors (Lipinski definition) is 2. The monoisotopic (exact) mass is 288 g/mol. The number of halogens is 1. The van der Waals surface area contributed by atoms with Crippen molar-refractivity contribution in [3.63, 3.8) is 0 Å². The van der Waals surface area contributed by atoms with Gasteiger partial charge in [-0.2, -0.15) is 0 Å². The van der Waals surface area contributed by atoms with E-state index in [4.69, 9.17) is 17.3 Å². The van der Waals surface area contributed by atoms with Crippen LogP contribution in [0.1, 0.15) is 11.1 Å². The lowest BCUT2D eigenvalue weighted by atomic mass is 10.0. The van der Waals surface area contributed by atoms with Gasteiger partial charge in [0.05, 0.1) is 17.1 Å². The summed E-state index contributed by atoms with van der Waals surface area (Å²) in [5.41, 5.74) is 5.34. The molecular formula is C11H13ClN2O5. The van der Waals surface area contributed by atoms with Crippen molar-refractivity contribution in [2.45, 2.75) is 19.4 Å². The summed E-state index contributed by atoms with van der Waals surface area (Å²) < 4.78 is 4.44. The maximum Gasteiger partial charge on any atom is 0.322 e. The maximum atomic E-state index is 11.2. The molecule has 8 heteroatoms. The second kappa shape index (κ2) is 5.85. The molecule has 1 aromatic carbocycles. The number of phenols is 1. The summed E-state index contributed by atoms with van der Waals surface area (Å²) in [5, 5.41) is 20.9. The van der Waals surface area contributed by atoms with Gasteiger partial charge < -0.3 is 15.6 Å². The summed E-state index contributed by atoms with van der Waals surface area (Å²) in [5.74, 6) is -1.22. The highest BCUT2D eigenvalue weighted by Gasteiger charge is 2.26. The van der Waals surface area contributed by atoms with Crippen molar-refractivity contribution in [1.29, 1.82) is 0 Å². The van der Waals surface area contributed by atoms with Gasteiger partial charge in [-0.3, -0.25) is 14.9 Å². The van der Waals surface area contributed by atoms with E-state index in [1.807, 2.05) is 0 Å². The van der Waals surface area contributed by atoms with Crippen molar-refractivity contribution in [2.24, 2.45) is 5.73 Å². The Morgan fingerprint density at radius 2 is 2.26 bits per heavy atom. The molecule has 19 heavy (non-hydrogen) atoms. The highest BCUT2D eigenvalue weighted by atomic mass is 35.5. The molecule has 1 unspecified atom stereocenters. The third-order valence-corrected chi connectivity index (χ3v) is 3.06. The van der Waals surface area contributed by atoms with Crippen molar-refractivity contribution in [3.05, 3.63) is 32.3 Å². The number of ether oxygens (including phenoxy) is 1. The van der Waals surface area contributed by atoms with Gasteiger partial charge >= 0.3 is 11.7 Å². The molecule has 1 atom stereocenters. The van der Waals surface area contributed by atoms with E-state index in [-0.39, 0.29) is 22.6 Å². The molecule has 7 nitrogen and oxygen atoms in total. The number of nitrogens with two attached hydrogens (primary N) is 1. The topological polar surface area (TPSA) is 116 Å². The molecule has 1 aromatic rings. The van der Waals surface area contributed by atoms with E-state index in [1.165, 1.54) is 20.1 Å². The molecule has 104 valence electrons. The summed E-state index contributed by atoms with van der Waals surface area (Å²) >= 11 is 5.86. The van der Waals surface area contributed by atoms with E-state index < -0.39 is 28.4 Å². The molecule has 0 spiro atoms. The lowest BCUT2D eigenvalue weighted by Crippen LogP contribution is -2.33. The number of methoxy groups -OCH3 is 1. The van der Waals surface area contributed by atoms with Crippen LogP contribution in [0.3, 0.4) is 0 Å². The van der Waals surface area contributed by atoms with Crippen LogP contribution in [0.4, 0.5) is 5.69 Å². The number of carbonyl (C=O) groups is 1. The van der Waals surface area contributed by atoms with Crippen LogP contribution in [0.15, 0.2) is 6.07 Å². The van der Waals surface area contributed by atoms with Gasteiger partial charge in [0.25, 0.3) is 0 Å². The average Bonchev–Trinajstić information content (AvgIpc) is 2.34. The van der Waals surface area contributed by atoms with Gasteiger partial charge in [0.15, 0.2) is 5.75 Å². The largest absolute Gasteiger partial charge is 0.502 e. The molecule has 0 aliphatic rings. The van der Waals surface area contributed by atoms with Gasteiger partial charge in [-0.1, -0.05) is 11.6 Å². The number of phenolic OH excluding ortho intramolecular Hbond substituents is 1. The minimum atomic E-state index is -1.03. The zero-order valence-electron chi connectivity index (χ0n) is 10.3. The van der Waals surface area contributed by atoms with Crippen molar-refractivity contribution < 1.29 is 19.6 Å². The van der Waals surface area contributed by atoms with E-state index in [2.05, 4.69) is 4.74 Å². The summed E-state index contributed by atoms with van der Waals surface area (Å²) in [6.07, 6.45) is -0.112. The Kier molecular flexibility index (Phi) is 4.68. The summed E-state index contributed by atoms with van der Waals surface area (Å²) in [7, 11) is 1.17. The normalized spacial score (nSPS) is 12.0. The molecule has 0 fully saturated rings. The van der Waals surface area contributed by atoms with Crippen molar-refractivity contribution >= 4 is 23.3 Å². The molecule has 0 aliphatic carbocycles. The smallest absolute Gasteiger partial charge is 0.322 e. The van der Waals surface area contributed by atoms with Crippen LogP contribution in [0.2, 0.25) is 5.02 Å². The molecule has 0 heterocycles. The number of rotatable bonds is 4. The van der Waals surface area contributed by atoms with Gasteiger partial charge in [-0.15, -0.1) is 0 Å². The van der Waals surface area contributed by atoms with Gasteiger partial charge in [0.2, 0.25) is 0 Å². The zero-order valence-corrected chi connectivity index (χ0v) is 11.1. The fourth-order valence-corrected chi connectivity index (χ4v) is 1.84. The molecule has 0 saturated heterocycles. The Bertz CT molecular complexity index is 532. The SMILES string of the molecule is COC(=O)C(N)Cc1cc(Cl)c(C)c([N+](=O)[O-])c1O. The fraction of sp³-hybridized carbons (Fsp3) is 0.364. The van der Waals surface area contributed by atoms with Crippen LogP contribution in [-0.4, -0.2) is 29.2 Å². The zero-order chi connectivity index (χ0) is 14.7. The number of hydrogen-bond acceptors (Lipinski definition) is 6. The van der Waals surface area contributed by atoms with Gasteiger partial charge in [-0.25, -0.2) is 0 Å². The quantitative estimate of drug-likeness (QED) is 0.490. The Hall–Kier alpha value is -1.86. The first-order valence-electron chi connectivity index (χ1n) is 5.28.